The first kappa shape index (κ1) is 27.2. The lowest BCUT2D eigenvalue weighted by molar-refractivity contribution is -0.120. The van der Waals surface area contributed by atoms with E-state index in [1.165, 1.54) is 27.2 Å². The van der Waals surface area contributed by atoms with E-state index in [-0.39, 0.29) is 28.1 Å². The van der Waals surface area contributed by atoms with Crippen molar-refractivity contribution in [3.63, 3.8) is 0 Å². The van der Waals surface area contributed by atoms with E-state index in [1.807, 2.05) is 0 Å². The third kappa shape index (κ3) is 5.70. The molecule has 3 aromatic carbocycles. The smallest absolute Gasteiger partial charge is 0.283 e. The number of nitrogens with zero attached hydrogens (tertiary/aromatic N) is 1. The van der Waals surface area contributed by atoms with Crippen molar-refractivity contribution in [2.75, 3.05) is 35.1 Å². The van der Waals surface area contributed by atoms with Gasteiger partial charge in [0, 0.05) is 35.6 Å². The van der Waals surface area contributed by atoms with Gasteiger partial charge in [0.2, 0.25) is 5.91 Å². The Morgan fingerprint density at radius 2 is 1.51 bits per heavy atom. The Morgan fingerprint density at radius 1 is 0.846 bits per heavy atom. The molecule has 200 valence electrons. The van der Waals surface area contributed by atoms with Crippen molar-refractivity contribution in [3.8, 4) is 11.5 Å². The molecule has 0 bridgehead atoms. The molecular formula is C28H25ClN4O6. The van der Waals surface area contributed by atoms with Crippen LogP contribution in [0.5, 0.6) is 11.5 Å². The molecule has 0 radical (unpaired) electrons. The second kappa shape index (κ2) is 11.3. The summed E-state index contributed by atoms with van der Waals surface area (Å²) in [6.07, 6.45) is 0. The standard InChI is InChI=1S/C28H25ClN4O6/c1-15-5-6-17(26(35)31-19-9-7-18(8-10-19)30-16(2)34)13-21(15)32-25-24(29)27(36)33(28(25)37)22-12-11-20(38-3)14-23(22)39-4/h5-14,32H,1-4H3,(H,30,34)(H,31,35). The third-order valence-corrected chi connectivity index (χ3v) is 6.23. The zero-order valence-corrected chi connectivity index (χ0v) is 22.3. The van der Waals surface area contributed by atoms with Crippen LogP contribution in [0.2, 0.25) is 0 Å². The number of aryl methyl sites for hydroxylation is 1. The van der Waals surface area contributed by atoms with E-state index in [9.17, 15) is 19.2 Å². The van der Waals surface area contributed by atoms with Gasteiger partial charge in [-0.1, -0.05) is 17.7 Å². The average Bonchev–Trinajstić information content (AvgIpc) is 3.12. The van der Waals surface area contributed by atoms with Gasteiger partial charge < -0.3 is 25.4 Å². The average molecular weight is 549 g/mol. The maximum atomic E-state index is 13.3. The summed E-state index contributed by atoms with van der Waals surface area (Å²) < 4.78 is 10.5. The molecular weight excluding hydrogens is 524 g/mol. The number of hydrogen-bond acceptors (Lipinski definition) is 7. The van der Waals surface area contributed by atoms with Crippen LogP contribution in [0.25, 0.3) is 0 Å². The Balaban J connectivity index is 1.55. The molecule has 0 saturated carbocycles. The first-order valence-electron chi connectivity index (χ1n) is 11.7. The van der Waals surface area contributed by atoms with Gasteiger partial charge >= 0.3 is 0 Å². The van der Waals surface area contributed by atoms with E-state index < -0.39 is 17.7 Å². The number of carbonyl (C=O) groups excluding carboxylic acids is 4. The van der Waals surface area contributed by atoms with E-state index in [4.69, 9.17) is 21.1 Å². The van der Waals surface area contributed by atoms with Crippen molar-refractivity contribution < 1.29 is 28.7 Å². The number of carbonyl (C=O) groups is 4. The monoisotopic (exact) mass is 548 g/mol. The van der Waals surface area contributed by atoms with Gasteiger partial charge in [-0.05, 0) is 61.0 Å². The third-order valence-electron chi connectivity index (χ3n) is 5.88. The van der Waals surface area contributed by atoms with Gasteiger partial charge in [0.1, 0.15) is 22.2 Å². The van der Waals surface area contributed by atoms with Crippen molar-refractivity contribution in [2.45, 2.75) is 13.8 Å². The van der Waals surface area contributed by atoms with Crippen LogP contribution in [0.1, 0.15) is 22.8 Å². The molecule has 4 rings (SSSR count). The fraction of sp³-hybridized carbons (Fsp3) is 0.143. The van der Waals surface area contributed by atoms with Crippen LogP contribution >= 0.6 is 11.6 Å². The van der Waals surface area contributed by atoms with Crippen molar-refractivity contribution in [3.05, 3.63) is 82.5 Å². The Labute approximate surface area is 229 Å². The number of hydrogen-bond donors (Lipinski definition) is 3. The molecule has 0 aliphatic carbocycles. The minimum absolute atomic E-state index is 0.131. The summed E-state index contributed by atoms with van der Waals surface area (Å²) in [5.74, 6) is -1.26. The van der Waals surface area contributed by atoms with E-state index in [0.29, 0.717) is 33.9 Å². The number of rotatable bonds is 8. The molecule has 11 heteroatoms. The highest BCUT2D eigenvalue weighted by atomic mass is 35.5. The van der Waals surface area contributed by atoms with Gasteiger partial charge in [0.15, 0.2) is 0 Å². The second-order valence-electron chi connectivity index (χ2n) is 8.54. The summed E-state index contributed by atoms with van der Waals surface area (Å²) in [5.41, 5.74) is 2.63. The molecule has 3 aromatic rings. The van der Waals surface area contributed by atoms with Crippen LogP contribution in [-0.2, 0) is 14.4 Å². The number of nitrogens with one attached hydrogen (secondary N) is 3. The minimum atomic E-state index is -0.720. The number of anilines is 4. The van der Waals surface area contributed by atoms with Crippen LogP contribution in [-0.4, -0.2) is 37.8 Å². The molecule has 1 aliphatic heterocycles. The highest BCUT2D eigenvalue weighted by Gasteiger charge is 2.40. The summed E-state index contributed by atoms with van der Waals surface area (Å²) >= 11 is 6.31. The fourth-order valence-corrected chi connectivity index (χ4v) is 4.09. The predicted octanol–water partition coefficient (Wildman–Crippen LogP) is 4.66. The Bertz CT molecular complexity index is 1520. The van der Waals surface area contributed by atoms with E-state index in [2.05, 4.69) is 16.0 Å². The normalized spacial score (nSPS) is 12.9. The van der Waals surface area contributed by atoms with Gasteiger partial charge in [-0.25, -0.2) is 4.90 Å². The van der Waals surface area contributed by atoms with Gasteiger partial charge in [-0.2, -0.15) is 0 Å². The molecule has 0 unspecified atom stereocenters. The summed E-state index contributed by atoms with van der Waals surface area (Å²) in [4.78, 5) is 51.3. The zero-order chi connectivity index (χ0) is 28.3. The summed E-state index contributed by atoms with van der Waals surface area (Å²) in [6, 6.07) is 16.2. The molecule has 3 N–H and O–H groups in total. The number of ether oxygens (including phenoxy) is 2. The van der Waals surface area contributed by atoms with Crippen LogP contribution in [0, 0.1) is 6.92 Å². The molecule has 4 amide bonds. The molecule has 0 spiro atoms. The predicted molar refractivity (Wildman–Crippen MR) is 148 cm³/mol. The van der Waals surface area contributed by atoms with Gasteiger partial charge in [0.05, 0.1) is 19.9 Å². The molecule has 0 aromatic heterocycles. The Kier molecular flexibility index (Phi) is 7.87. The molecule has 0 atom stereocenters. The van der Waals surface area contributed by atoms with E-state index >= 15 is 0 Å². The molecule has 10 nitrogen and oxygen atoms in total. The summed E-state index contributed by atoms with van der Waals surface area (Å²) in [6.45, 7) is 3.19. The van der Waals surface area contributed by atoms with Crippen LogP contribution in [0.15, 0.2) is 71.4 Å². The van der Waals surface area contributed by atoms with Gasteiger partial charge in [-0.15, -0.1) is 0 Å². The summed E-state index contributed by atoms with van der Waals surface area (Å²) in [5, 5.41) is 8.07. The number of imide groups is 1. The van der Waals surface area contributed by atoms with Crippen molar-refractivity contribution in [2.24, 2.45) is 0 Å². The lowest BCUT2D eigenvalue weighted by Gasteiger charge is -2.19. The van der Waals surface area contributed by atoms with Crippen molar-refractivity contribution >= 4 is 58.0 Å². The van der Waals surface area contributed by atoms with Crippen molar-refractivity contribution in [1.82, 2.24) is 0 Å². The Morgan fingerprint density at radius 3 is 2.13 bits per heavy atom. The first-order valence-corrected chi connectivity index (χ1v) is 12.1. The number of halogens is 1. The molecule has 39 heavy (non-hydrogen) atoms. The Hall–Kier alpha value is -4.83. The quantitative estimate of drug-likeness (QED) is 0.349. The zero-order valence-electron chi connectivity index (χ0n) is 21.5. The second-order valence-corrected chi connectivity index (χ2v) is 8.92. The van der Waals surface area contributed by atoms with Crippen LogP contribution in [0.4, 0.5) is 22.7 Å². The molecule has 0 saturated heterocycles. The van der Waals surface area contributed by atoms with Crippen LogP contribution < -0.4 is 30.3 Å². The summed E-state index contributed by atoms with van der Waals surface area (Å²) in [7, 11) is 2.90. The fourth-order valence-electron chi connectivity index (χ4n) is 3.88. The maximum Gasteiger partial charge on any atom is 0.283 e. The van der Waals surface area contributed by atoms with E-state index in [1.54, 1.807) is 61.5 Å². The lowest BCUT2D eigenvalue weighted by Crippen LogP contribution is -2.32. The number of amides is 4. The molecule has 0 fully saturated rings. The lowest BCUT2D eigenvalue weighted by atomic mass is 10.1. The highest BCUT2D eigenvalue weighted by Crippen LogP contribution is 2.38. The number of benzene rings is 3. The first-order chi connectivity index (χ1) is 18.6. The topological polar surface area (TPSA) is 126 Å². The van der Waals surface area contributed by atoms with Gasteiger partial charge in [-0.3, -0.25) is 19.2 Å². The largest absolute Gasteiger partial charge is 0.497 e. The van der Waals surface area contributed by atoms with Gasteiger partial charge in [0.25, 0.3) is 17.7 Å². The minimum Gasteiger partial charge on any atom is -0.497 e. The maximum absolute atomic E-state index is 13.3. The highest BCUT2D eigenvalue weighted by molar-refractivity contribution is 6.53. The number of methoxy groups -OCH3 is 2. The SMILES string of the molecule is COc1ccc(N2C(=O)C(Cl)=C(Nc3cc(C(=O)Nc4ccc(NC(C)=O)cc4)ccc3C)C2=O)c(OC)c1. The molecule has 1 aliphatic rings. The molecule has 1 heterocycles. The van der Waals surface area contributed by atoms with Crippen LogP contribution in [0.3, 0.4) is 0 Å². The van der Waals surface area contributed by atoms with E-state index in [0.717, 1.165) is 4.90 Å². The van der Waals surface area contributed by atoms with Crippen molar-refractivity contribution in [1.29, 1.82) is 0 Å².